The van der Waals surface area contributed by atoms with E-state index in [9.17, 15) is 9.18 Å². The van der Waals surface area contributed by atoms with Gasteiger partial charge in [0.25, 0.3) is 5.91 Å². The van der Waals surface area contributed by atoms with E-state index in [4.69, 9.17) is 22.5 Å². The molecule has 0 aliphatic rings. The van der Waals surface area contributed by atoms with Crippen molar-refractivity contribution < 1.29 is 9.18 Å². The van der Waals surface area contributed by atoms with Crippen molar-refractivity contribution in [2.45, 2.75) is 27.3 Å². The normalized spacial score (nSPS) is 12.9. The standard InChI is InChI=1S/C14H19ClFN3OS/c1-14(2,3)12(17)11(21-18)13(20)19-7-8-9(15)5-4-6-10(8)16/h4-6H,7,17-18H2,1-3H3,(H,19,20)/b12-11-. The second-order valence-corrected chi connectivity index (χ2v) is 6.54. The first-order valence-electron chi connectivity index (χ1n) is 6.26. The quantitative estimate of drug-likeness (QED) is 0.585. The molecule has 0 spiro atoms. The molecule has 5 N–H and O–H groups in total. The molecule has 0 aliphatic carbocycles. The maximum atomic E-state index is 13.6. The molecule has 1 rings (SSSR count). The molecule has 1 aromatic carbocycles. The van der Waals surface area contributed by atoms with Gasteiger partial charge in [-0.1, -0.05) is 38.4 Å². The zero-order valence-electron chi connectivity index (χ0n) is 12.2. The fourth-order valence-corrected chi connectivity index (χ4v) is 2.37. The van der Waals surface area contributed by atoms with Gasteiger partial charge >= 0.3 is 0 Å². The highest BCUT2D eigenvalue weighted by Gasteiger charge is 2.23. The van der Waals surface area contributed by atoms with Gasteiger partial charge < -0.3 is 11.1 Å². The molecule has 1 amide bonds. The molecule has 0 unspecified atom stereocenters. The minimum Gasteiger partial charge on any atom is -0.401 e. The highest BCUT2D eigenvalue weighted by molar-refractivity contribution is 8.01. The summed E-state index contributed by atoms with van der Waals surface area (Å²) in [6.45, 7) is 5.59. The number of halogens is 2. The van der Waals surface area contributed by atoms with Gasteiger partial charge in [-0.15, -0.1) is 0 Å². The average Bonchev–Trinajstić information content (AvgIpc) is 2.37. The van der Waals surface area contributed by atoms with Gasteiger partial charge in [-0.25, -0.2) is 4.39 Å². The summed E-state index contributed by atoms with van der Waals surface area (Å²) in [6.07, 6.45) is 0. The third kappa shape index (κ3) is 4.62. The number of nitrogens with one attached hydrogen (secondary N) is 1. The minimum absolute atomic E-state index is 0.0359. The third-order valence-electron chi connectivity index (χ3n) is 2.86. The Balaban J connectivity index is 2.91. The summed E-state index contributed by atoms with van der Waals surface area (Å²) in [4.78, 5) is 12.4. The van der Waals surface area contributed by atoms with Crippen LogP contribution in [-0.4, -0.2) is 5.91 Å². The van der Waals surface area contributed by atoms with Gasteiger partial charge in [-0.05, 0) is 24.1 Å². The first kappa shape index (κ1) is 17.8. The lowest BCUT2D eigenvalue weighted by Gasteiger charge is -2.22. The minimum atomic E-state index is -0.475. The van der Waals surface area contributed by atoms with Crippen LogP contribution in [0.1, 0.15) is 26.3 Å². The van der Waals surface area contributed by atoms with Crippen LogP contribution in [-0.2, 0) is 11.3 Å². The third-order valence-corrected chi connectivity index (χ3v) is 3.86. The number of hydrogen-bond acceptors (Lipinski definition) is 4. The Kier molecular flexibility index (Phi) is 6.07. The van der Waals surface area contributed by atoms with Crippen LogP contribution in [0.25, 0.3) is 0 Å². The number of allylic oxidation sites excluding steroid dienone is 1. The van der Waals surface area contributed by atoms with Crippen molar-refractivity contribution in [3.8, 4) is 0 Å². The van der Waals surface area contributed by atoms with Crippen LogP contribution in [0.2, 0.25) is 5.02 Å². The van der Waals surface area contributed by atoms with Crippen LogP contribution in [0.15, 0.2) is 28.8 Å². The number of carbonyl (C=O) groups is 1. The zero-order chi connectivity index (χ0) is 16.2. The largest absolute Gasteiger partial charge is 0.401 e. The van der Waals surface area contributed by atoms with Crippen molar-refractivity contribution in [2.75, 3.05) is 0 Å². The van der Waals surface area contributed by atoms with Gasteiger partial charge in [0.15, 0.2) is 0 Å². The molecule has 4 nitrogen and oxygen atoms in total. The Bertz CT molecular complexity index is 550. The predicted octanol–water partition coefficient (Wildman–Crippen LogP) is 2.92. The highest BCUT2D eigenvalue weighted by atomic mass is 35.5. The molecule has 0 saturated heterocycles. The van der Waals surface area contributed by atoms with Crippen molar-refractivity contribution in [3.63, 3.8) is 0 Å². The average molecular weight is 332 g/mol. The van der Waals surface area contributed by atoms with Gasteiger partial charge in [0.1, 0.15) is 10.7 Å². The molecule has 0 radical (unpaired) electrons. The van der Waals surface area contributed by atoms with Crippen LogP contribution in [0, 0.1) is 11.2 Å². The van der Waals surface area contributed by atoms with Crippen LogP contribution >= 0.6 is 23.5 Å². The first-order valence-corrected chi connectivity index (χ1v) is 7.52. The van der Waals surface area contributed by atoms with Gasteiger partial charge in [-0.2, -0.15) is 0 Å². The summed E-state index contributed by atoms with van der Waals surface area (Å²) in [5.74, 6) is -0.924. The Labute approximate surface area is 133 Å². The SMILES string of the molecule is CC(C)(C)/C(N)=C(/SN)C(=O)NCc1c(F)cccc1Cl. The molecule has 1 aromatic rings. The van der Waals surface area contributed by atoms with E-state index in [1.165, 1.54) is 12.1 Å². The number of rotatable bonds is 4. The Hall–Kier alpha value is -1.24. The topological polar surface area (TPSA) is 81.1 Å². The van der Waals surface area contributed by atoms with E-state index in [2.05, 4.69) is 5.32 Å². The maximum Gasteiger partial charge on any atom is 0.261 e. The lowest BCUT2D eigenvalue weighted by atomic mass is 9.92. The van der Waals surface area contributed by atoms with E-state index in [1.54, 1.807) is 6.07 Å². The summed E-state index contributed by atoms with van der Waals surface area (Å²) in [7, 11) is 0. The second kappa shape index (κ2) is 7.15. The number of benzene rings is 1. The monoisotopic (exact) mass is 331 g/mol. The predicted molar refractivity (Wildman–Crippen MR) is 85.7 cm³/mol. The number of amides is 1. The fourth-order valence-electron chi connectivity index (χ4n) is 1.53. The van der Waals surface area contributed by atoms with Crippen molar-refractivity contribution in [2.24, 2.45) is 16.3 Å². The van der Waals surface area contributed by atoms with E-state index >= 15 is 0 Å². The van der Waals surface area contributed by atoms with Crippen molar-refractivity contribution in [3.05, 3.63) is 45.2 Å². The van der Waals surface area contributed by atoms with E-state index in [-0.39, 0.29) is 22.0 Å². The summed E-state index contributed by atoms with van der Waals surface area (Å²) in [5.41, 5.74) is 6.17. The highest BCUT2D eigenvalue weighted by Crippen LogP contribution is 2.27. The summed E-state index contributed by atoms with van der Waals surface area (Å²) >= 11 is 6.68. The van der Waals surface area contributed by atoms with Crippen LogP contribution in [0.3, 0.4) is 0 Å². The summed E-state index contributed by atoms with van der Waals surface area (Å²) < 4.78 is 13.6. The molecule has 0 aliphatic heterocycles. The molecule has 7 heteroatoms. The van der Waals surface area contributed by atoms with E-state index < -0.39 is 17.1 Å². The Morgan fingerprint density at radius 1 is 1.43 bits per heavy atom. The molecule has 0 bridgehead atoms. The van der Waals surface area contributed by atoms with Crippen molar-refractivity contribution in [1.82, 2.24) is 5.32 Å². The van der Waals surface area contributed by atoms with Crippen molar-refractivity contribution in [1.29, 1.82) is 0 Å². The summed E-state index contributed by atoms with van der Waals surface area (Å²) in [5, 5.41) is 8.36. The smallest absolute Gasteiger partial charge is 0.261 e. The first-order chi connectivity index (χ1) is 9.68. The molecule has 0 aromatic heterocycles. The molecule has 21 heavy (non-hydrogen) atoms. The van der Waals surface area contributed by atoms with Gasteiger partial charge in [0.2, 0.25) is 0 Å². The molecule has 0 heterocycles. The molecule has 116 valence electrons. The number of carbonyl (C=O) groups excluding carboxylic acids is 1. The Morgan fingerprint density at radius 2 is 2.05 bits per heavy atom. The molecule has 0 atom stereocenters. The number of hydrogen-bond donors (Lipinski definition) is 3. The lowest BCUT2D eigenvalue weighted by molar-refractivity contribution is -0.117. The molecule has 0 saturated carbocycles. The van der Waals surface area contributed by atoms with Crippen LogP contribution in [0.5, 0.6) is 0 Å². The second-order valence-electron chi connectivity index (χ2n) is 5.49. The molecular formula is C14H19ClFN3OS. The van der Waals surface area contributed by atoms with Crippen LogP contribution in [0.4, 0.5) is 4.39 Å². The van der Waals surface area contributed by atoms with Gasteiger partial charge in [-0.3, -0.25) is 9.93 Å². The Morgan fingerprint density at radius 3 is 2.52 bits per heavy atom. The van der Waals surface area contributed by atoms with Gasteiger partial charge in [0, 0.05) is 28.2 Å². The van der Waals surface area contributed by atoms with Crippen LogP contribution < -0.4 is 16.2 Å². The van der Waals surface area contributed by atoms with Gasteiger partial charge in [0.05, 0.1) is 0 Å². The lowest BCUT2D eigenvalue weighted by Crippen LogP contribution is -2.30. The number of nitrogens with two attached hydrogens (primary N) is 2. The van der Waals surface area contributed by atoms with E-state index in [1.807, 2.05) is 20.8 Å². The molecular weight excluding hydrogens is 313 g/mol. The van der Waals surface area contributed by atoms with E-state index in [0.717, 1.165) is 11.9 Å². The fraction of sp³-hybridized carbons (Fsp3) is 0.357. The summed E-state index contributed by atoms with van der Waals surface area (Å²) in [6, 6.07) is 4.34. The van der Waals surface area contributed by atoms with E-state index in [0.29, 0.717) is 5.70 Å². The zero-order valence-corrected chi connectivity index (χ0v) is 13.7. The van der Waals surface area contributed by atoms with Crippen molar-refractivity contribution >= 4 is 29.5 Å². The molecule has 0 fully saturated rings. The maximum absolute atomic E-state index is 13.6.